The molecule has 3 heteroatoms. The van der Waals surface area contributed by atoms with Crippen LogP contribution in [0, 0.1) is 5.82 Å². The van der Waals surface area contributed by atoms with Gasteiger partial charge in [0, 0.05) is 24.8 Å². The summed E-state index contributed by atoms with van der Waals surface area (Å²) in [5.41, 5.74) is 1.12. The SMILES string of the molecule is CCN(C)c1cccc(F)c1CO. The molecular formula is C10H14FNO. The molecule has 0 saturated carbocycles. The van der Waals surface area contributed by atoms with Gasteiger partial charge in [-0.1, -0.05) is 6.07 Å². The van der Waals surface area contributed by atoms with Crippen LogP contribution in [0.2, 0.25) is 0 Å². The Morgan fingerprint density at radius 2 is 2.15 bits per heavy atom. The fourth-order valence-electron chi connectivity index (χ4n) is 1.23. The van der Waals surface area contributed by atoms with Crippen molar-refractivity contribution in [2.24, 2.45) is 0 Å². The average molecular weight is 183 g/mol. The summed E-state index contributed by atoms with van der Waals surface area (Å²) in [4.78, 5) is 1.90. The first-order valence-electron chi connectivity index (χ1n) is 4.30. The summed E-state index contributed by atoms with van der Waals surface area (Å²) < 4.78 is 13.2. The molecule has 0 radical (unpaired) electrons. The van der Waals surface area contributed by atoms with Gasteiger partial charge in [-0.3, -0.25) is 0 Å². The molecule has 0 aromatic heterocycles. The number of hydrogen-bond acceptors (Lipinski definition) is 2. The number of benzene rings is 1. The van der Waals surface area contributed by atoms with Crippen molar-refractivity contribution < 1.29 is 9.50 Å². The Hall–Kier alpha value is -1.09. The highest BCUT2D eigenvalue weighted by atomic mass is 19.1. The van der Waals surface area contributed by atoms with Crippen LogP contribution in [0.15, 0.2) is 18.2 Å². The van der Waals surface area contributed by atoms with E-state index in [9.17, 15) is 4.39 Å². The van der Waals surface area contributed by atoms with Gasteiger partial charge in [-0.05, 0) is 19.1 Å². The molecule has 13 heavy (non-hydrogen) atoms. The Balaban J connectivity index is 3.12. The normalized spacial score (nSPS) is 10.2. The molecule has 1 aromatic rings. The van der Waals surface area contributed by atoms with Crippen LogP contribution in [0.5, 0.6) is 0 Å². The first-order valence-corrected chi connectivity index (χ1v) is 4.30. The third kappa shape index (κ3) is 1.98. The highest BCUT2D eigenvalue weighted by molar-refractivity contribution is 5.53. The largest absolute Gasteiger partial charge is 0.391 e. The molecule has 0 saturated heterocycles. The molecule has 1 aromatic carbocycles. The minimum Gasteiger partial charge on any atom is -0.391 e. The molecular weight excluding hydrogens is 169 g/mol. The van der Waals surface area contributed by atoms with Gasteiger partial charge < -0.3 is 10.0 Å². The molecule has 0 aliphatic carbocycles. The second-order valence-corrected chi connectivity index (χ2v) is 2.91. The van der Waals surface area contributed by atoms with Crippen LogP contribution in [-0.2, 0) is 6.61 Å². The first kappa shape index (κ1) is 9.99. The summed E-state index contributed by atoms with van der Waals surface area (Å²) in [6, 6.07) is 4.81. The zero-order valence-electron chi connectivity index (χ0n) is 7.92. The average Bonchev–Trinajstić information content (AvgIpc) is 2.16. The molecule has 0 amide bonds. The van der Waals surface area contributed by atoms with E-state index in [0.29, 0.717) is 5.56 Å². The van der Waals surface area contributed by atoms with Gasteiger partial charge in [-0.25, -0.2) is 4.39 Å². The van der Waals surface area contributed by atoms with Gasteiger partial charge in [0.15, 0.2) is 0 Å². The first-order chi connectivity index (χ1) is 6.20. The van der Waals surface area contributed by atoms with Gasteiger partial charge in [-0.2, -0.15) is 0 Å². The van der Waals surface area contributed by atoms with E-state index in [0.717, 1.165) is 12.2 Å². The minimum absolute atomic E-state index is 0.258. The van der Waals surface area contributed by atoms with Gasteiger partial charge in [0.1, 0.15) is 5.82 Å². The van der Waals surface area contributed by atoms with Crippen molar-refractivity contribution in [3.8, 4) is 0 Å². The maximum absolute atomic E-state index is 13.2. The van der Waals surface area contributed by atoms with E-state index < -0.39 is 0 Å². The van der Waals surface area contributed by atoms with E-state index in [2.05, 4.69) is 0 Å². The lowest BCUT2D eigenvalue weighted by molar-refractivity contribution is 0.276. The number of anilines is 1. The van der Waals surface area contributed by atoms with Crippen molar-refractivity contribution in [2.45, 2.75) is 13.5 Å². The van der Waals surface area contributed by atoms with E-state index in [1.165, 1.54) is 6.07 Å². The Labute approximate surface area is 77.6 Å². The highest BCUT2D eigenvalue weighted by Gasteiger charge is 2.09. The number of rotatable bonds is 3. The Kier molecular flexibility index (Phi) is 3.25. The number of aliphatic hydroxyl groups is 1. The summed E-state index contributed by atoms with van der Waals surface area (Å²) >= 11 is 0. The minimum atomic E-state index is -0.347. The zero-order chi connectivity index (χ0) is 9.84. The zero-order valence-corrected chi connectivity index (χ0v) is 7.92. The fraction of sp³-hybridized carbons (Fsp3) is 0.400. The van der Waals surface area contributed by atoms with Crippen LogP contribution in [0.25, 0.3) is 0 Å². The highest BCUT2D eigenvalue weighted by Crippen LogP contribution is 2.21. The third-order valence-electron chi connectivity index (χ3n) is 2.14. The summed E-state index contributed by atoms with van der Waals surface area (Å²) in [5, 5.41) is 8.98. The lowest BCUT2D eigenvalue weighted by Gasteiger charge is -2.19. The quantitative estimate of drug-likeness (QED) is 0.772. The van der Waals surface area contributed by atoms with E-state index in [4.69, 9.17) is 5.11 Å². The molecule has 0 atom stereocenters. The van der Waals surface area contributed by atoms with E-state index in [-0.39, 0.29) is 12.4 Å². The second kappa shape index (κ2) is 4.23. The fourth-order valence-corrected chi connectivity index (χ4v) is 1.23. The van der Waals surface area contributed by atoms with Crippen LogP contribution in [0.1, 0.15) is 12.5 Å². The van der Waals surface area contributed by atoms with Crippen LogP contribution in [0.3, 0.4) is 0 Å². The van der Waals surface area contributed by atoms with Crippen molar-refractivity contribution in [2.75, 3.05) is 18.5 Å². The molecule has 72 valence electrons. The van der Waals surface area contributed by atoms with E-state index in [1.54, 1.807) is 12.1 Å². The molecule has 0 aliphatic heterocycles. The van der Waals surface area contributed by atoms with E-state index >= 15 is 0 Å². The van der Waals surface area contributed by atoms with Gasteiger partial charge in [-0.15, -0.1) is 0 Å². The smallest absolute Gasteiger partial charge is 0.130 e. The monoisotopic (exact) mass is 183 g/mol. The summed E-state index contributed by atoms with van der Waals surface area (Å²) in [6.07, 6.45) is 0. The number of halogens is 1. The molecule has 2 nitrogen and oxygen atoms in total. The van der Waals surface area contributed by atoms with Crippen molar-refractivity contribution in [3.05, 3.63) is 29.6 Å². The van der Waals surface area contributed by atoms with Crippen molar-refractivity contribution in [3.63, 3.8) is 0 Å². The predicted octanol–water partition coefficient (Wildman–Crippen LogP) is 1.77. The number of hydrogen-bond donors (Lipinski definition) is 1. The standard InChI is InChI=1S/C10H14FNO/c1-3-12(2)10-6-4-5-9(11)8(10)7-13/h4-6,13H,3,7H2,1-2H3. The van der Waals surface area contributed by atoms with Crippen LogP contribution in [-0.4, -0.2) is 18.7 Å². The molecule has 0 aliphatic rings. The molecule has 0 bridgehead atoms. The summed E-state index contributed by atoms with van der Waals surface area (Å²) in [6.45, 7) is 2.51. The van der Waals surface area contributed by atoms with Gasteiger partial charge in [0.05, 0.1) is 6.61 Å². The molecule has 1 N–H and O–H groups in total. The van der Waals surface area contributed by atoms with Gasteiger partial charge in [0.2, 0.25) is 0 Å². The van der Waals surface area contributed by atoms with Gasteiger partial charge in [0.25, 0.3) is 0 Å². The molecule has 0 spiro atoms. The lowest BCUT2D eigenvalue weighted by atomic mass is 10.1. The summed E-state index contributed by atoms with van der Waals surface area (Å²) in [7, 11) is 1.87. The number of nitrogens with zero attached hydrogens (tertiary/aromatic N) is 1. The molecule has 0 unspecified atom stereocenters. The van der Waals surface area contributed by atoms with Crippen molar-refractivity contribution >= 4 is 5.69 Å². The molecule has 0 fully saturated rings. The topological polar surface area (TPSA) is 23.5 Å². The van der Waals surface area contributed by atoms with Crippen LogP contribution >= 0.6 is 0 Å². The van der Waals surface area contributed by atoms with Crippen molar-refractivity contribution in [1.29, 1.82) is 0 Å². The number of aliphatic hydroxyl groups excluding tert-OH is 1. The second-order valence-electron chi connectivity index (χ2n) is 2.91. The van der Waals surface area contributed by atoms with Crippen molar-refractivity contribution in [1.82, 2.24) is 0 Å². The lowest BCUT2D eigenvalue weighted by Crippen LogP contribution is -2.18. The van der Waals surface area contributed by atoms with Gasteiger partial charge >= 0.3 is 0 Å². The summed E-state index contributed by atoms with van der Waals surface area (Å²) in [5.74, 6) is -0.347. The Bertz CT molecular complexity index is 288. The predicted molar refractivity (Wildman–Crippen MR) is 51.3 cm³/mol. The third-order valence-corrected chi connectivity index (χ3v) is 2.14. The Morgan fingerprint density at radius 3 is 2.69 bits per heavy atom. The Morgan fingerprint density at radius 1 is 1.46 bits per heavy atom. The maximum Gasteiger partial charge on any atom is 0.130 e. The molecule has 0 heterocycles. The van der Waals surface area contributed by atoms with Crippen LogP contribution in [0.4, 0.5) is 10.1 Å². The molecule has 1 rings (SSSR count). The van der Waals surface area contributed by atoms with E-state index in [1.807, 2.05) is 18.9 Å². The van der Waals surface area contributed by atoms with Crippen LogP contribution < -0.4 is 4.90 Å². The maximum atomic E-state index is 13.2.